The van der Waals surface area contributed by atoms with Gasteiger partial charge in [-0.15, -0.1) is 0 Å². The predicted molar refractivity (Wildman–Crippen MR) is 80.8 cm³/mol. The zero-order valence-electron chi connectivity index (χ0n) is 13.6. The van der Waals surface area contributed by atoms with E-state index in [0.717, 1.165) is 12.8 Å². The lowest BCUT2D eigenvalue weighted by Gasteiger charge is -2.42. The van der Waals surface area contributed by atoms with E-state index < -0.39 is 12.1 Å². The molecule has 0 aromatic rings. The van der Waals surface area contributed by atoms with Gasteiger partial charge in [0.25, 0.3) is 0 Å². The Bertz CT molecular complexity index is 397. The highest BCUT2D eigenvalue weighted by Crippen LogP contribution is 2.25. The fraction of sp³-hybridized carbons (Fsp3) is 0.875. The first-order valence-electron chi connectivity index (χ1n) is 8.03. The average Bonchev–Trinajstić information content (AvgIpc) is 2.89. The summed E-state index contributed by atoms with van der Waals surface area (Å²) in [6.07, 6.45) is 5.05. The lowest BCUT2D eigenvalue weighted by molar-refractivity contribution is -0.152. The van der Waals surface area contributed by atoms with Crippen molar-refractivity contribution in [3.05, 3.63) is 0 Å². The maximum absolute atomic E-state index is 12.6. The molecule has 120 valence electrons. The van der Waals surface area contributed by atoms with E-state index in [9.17, 15) is 9.59 Å². The molecule has 5 heteroatoms. The standard InChI is InChI=1S/C16H28N2O3/c1-11-14(19)17-13(16(2,3)4)15(20)18(11)9-10-21-12-7-5-6-8-12/h11-13H,5-10H2,1-4H3,(H,17,19). The summed E-state index contributed by atoms with van der Waals surface area (Å²) in [5.74, 6) is -0.0694. The van der Waals surface area contributed by atoms with Crippen LogP contribution in [0.1, 0.15) is 53.4 Å². The second kappa shape index (κ2) is 6.34. The number of nitrogens with one attached hydrogen (secondary N) is 1. The molecule has 1 N–H and O–H groups in total. The second-order valence-electron chi connectivity index (χ2n) is 7.29. The van der Waals surface area contributed by atoms with Crippen LogP contribution in [0.15, 0.2) is 0 Å². The lowest BCUT2D eigenvalue weighted by atomic mass is 9.84. The summed E-state index contributed by atoms with van der Waals surface area (Å²) >= 11 is 0. The van der Waals surface area contributed by atoms with E-state index in [1.807, 2.05) is 20.8 Å². The molecule has 0 radical (unpaired) electrons. The van der Waals surface area contributed by atoms with Gasteiger partial charge in [-0.1, -0.05) is 33.6 Å². The number of amides is 2. The first-order chi connectivity index (χ1) is 9.80. The maximum atomic E-state index is 12.6. The number of nitrogens with zero attached hydrogens (tertiary/aromatic N) is 1. The fourth-order valence-corrected chi connectivity index (χ4v) is 3.09. The number of carbonyl (C=O) groups is 2. The summed E-state index contributed by atoms with van der Waals surface area (Å²) in [5.41, 5.74) is -0.280. The number of carbonyl (C=O) groups excluding carboxylic acids is 2. The van der Waals surface area contributed by atoms with Crippen molar-refractivity contribution in [1.29, 1.82) is 0 Å². The lowest BCUT2D eigenvalue weighted by Crippen LogP contribution is -2.66. The molecule has 0 bridgehead atoms. The van der Waals surface area contributed by atoms with Crippen molar-refractivity contribution in [1.82, 2.24) is 10.2 Å². The molecule has 2 amide bonds. The number of hydrogen-bond donors (Lipinski definition) is 1. The summed E-state index contributed by atoms with van der Waals surface area (Å²) in [6, 6.07) is -0.865. The first-order valence-corrected chi connectivity index (χ1v) is 8.03. The Balaban J connectivity index is 1.94. The molecule has 0 aromatic carbocycles. The van der Waals surface area contributed by atoms with Crippen molar-refractivity contribution >= 4 is 11.8 Å². The Hall–Kier alpha value is -1.10. The van der Waals surface area contributed by atoms with E-state index >= 15 is 0 Å². The van der Waals surface area contributed by atoms with E-state index in [1.54, 1.807) is 11.8 Å². The fourth-order valence-electron chi connectivity index (χ4n) is 3.09. The number of piperazine rings is 1. The summed E-state index contributed by atoms with van der Waals surface area (Å²) in [5, 5.41) is 2.85. The summed E-state index contributed by atoms with van der Waals surface area (Å²) in [4.78, 5) is 26.4. The third kappa shape index (κ3) is 3.76. The number of ether oxygens (including phenoxy) is 1. The topological polar surface area (TPSA) is 58.6 Å². The zero-order chi connectivity index (χ0) is 15.6. The molecule has 1 saturated heterocycles. The molecule has 1 saturated carbocycles. The Labute approximate surface area is 127 Å². The van der Waals surface area contributed by atoms with Crippen LogP contribution in [0.3, 0.4) is 0 Å². The minimum atomic E-state index is -0.451. The smallest absolute Gasteiger partial charge is 0.246 e. The summed E-state index contributed by atoms with van der Waals surface area (Å²) in [6.45, 7) is 8.71. The van der Waals surface area contributed by atoms with Gasteiger partial charge in [-0.05, 0) is 25.2 Å². The van der Waals surface area contributed by atoms with Crippen molar-refractivity contribution < 1.29 is 14.3 Å². The highest BCUT2D eigenvalue weighted by molar-refractivity contribution is 5.97. The summed E-state index contributed by atoms with van der Waals surface area (Å²) in [7, 11) is 0. The van der Waals surface area contributed by atoms with Gasteiger partial charge >= 0.3 is 0 Å². The zero-order valence-corrected chi connectivity index (χ0v) is 13.6. The van der Waals surface area contributed by atoms with Crippen LogP contribution in [-0.2, 0) is 14.3 Å². The van der Waals surface area contributed by atoms with Crippen LogP contribution in [0.2, 0.25) is 0 Å². The first kappa shape index (κ1) is 16.3. The monoisotopic (exact) mass is 296 g/mol. The van der Waals surface area contributed by atoms with Crippen molar-refractivity contribution in [2.45, 2.75) is 71.6 Å². The highest BCUT2D eigenvalue weighted by Gasteiger charge is 2.43. The molecule has 2 fully saturated rings. The van der Waals surface area contributed by atoms with E-state index in [0.29, 0.717) is 19.3 Å². The van der Waals surface area contributed by atoms with Gasteiger partial charge in [-0.2, -0.15) is 0 Å². The minimum Gasteiger partial charge on any atom is -0.376 e. The average molecular weight is 296 g/mol. The molecule has 2 aliphatic rings. The van der Waals surface area contributed by atoms with Crippen molar-refractivity contribution in [3.63, 3.8) is 0 Å². The van der Waals surface area contributed by atoms with E-state index in [1.165, 1.54) is 12.8 Å². The van der Waals surface area contributed by atoms with Gasteiger partial charge in [-0.3, -0.25) is 9.59 Å². The highest BCUT2D eigenvalue weighted by atomic mass is 16.5. The molecule has 0 aromatic heterocycles. The van der Waals surface area contributed by atoms with Crippen LogP contribution in [-0.4, -0.2) is 48.1 Å². The third-order valence-corrected chi connectivity index (χ3v) is 4.52. The molecular formula is C16H28N2O3. The van der Waals surface area contributed by atoms with E-state index in [4.69, 9.17) is 4.74 Å². The van der Waals surface area contributed by atoms with Crippen LogP contribution in [0.5, 0.6) is 0 Å². The van der Waals surface area contributed by atoms with Gasteiger partial charge in [0.05, 0.1) is 12.7 Å². The molecule has 21 heavy (non-hydrogen) atoms. The number of hydrogen-bond acceptors (Lipinski definition) is 3. The van der Waals surface area contributed by atoms with Crippen LogP contribution >= 0.6 is 0 Å². The Kier molecular flexibility index (Phi) is 4.91. The predicted octanol–water partition coefficient (Wildman–Crippen LogP) is 1.71. The maximum Gasteiger partial charge on any atom is 0.246 e. The minimum absolute atomic E-state index is 0.00428. The van der Waals surface area contributed by atoms with Crippen molar-refractivity contribution in [2.24, 2.45) is 5.41 Å². The van der Waals surface area contributed by atoms with Gasteiger partial charge in [0.2, 0.25) is 11.8 Å². The largest absolute Gasteiger partial charge is 0.376 e. The molecule has 2 rings (SSSR count). The quantitative estimate of drug-likeness (QED) is 0.859. The molecule has 2 unspecified atom stereocenters. The van der Waals surface area contributed by atoms with Gasteiger partial charge < -0.3 is 15.0 Å². The number of rotatable bonds is 4. The van der Waals surface area contributed by atoms with Gasteiger partial charge in [0, 0.05) is 6.54 Å². The molecule has 1 aliphatic carbocycles. The Morgan fingerprint density at radius 1 is 1.24 bits per heavy atom. The van der Waals surface area contributed by atoms with Gasteiger partial charge in [0.1, 0.15) is 12.1 Å². The Morgan fingerprint density at radius 3 is 2.43 bits per heavy atom. The van der Waals surface area contributed by atoms with Crippen LogP contribution in [0.25, 0.3) is 0 Å². The van der Waals surface area contributed by atoms with E-state index in [2.05, 4.69) is 5.32 Å². The molecule has 1 heterocycles. The van der Waals surface area contributed by atoms with Gasteiger partial charge in [0.15, 0.2) is 0 Å². The second-order valence-corrected chi connectivity index (χ2v) is 7.29. The van der Waals surface area contributed by atoms with Crippen LogP contribution < -0.4 is 5.32 Å². The third-order valence-electron chi connectivity index (χ3n) is 4.52. The van der Waals surface area contributed by atoms with Gasteiger partial charge in [-0.25, -0.2) is 0 Å². The molecule has 1 aliphatic heterocycles. The molecular weight excluding hydrogens is 268 g/mol. The van der Waals surface area contributed by atoms with Crippen molar-refractivity contribution in [2.75, 3.05) is 13.2 Å². The van der Waals surface area contributed by atoms with Crippen LogP contribution in [0, 0.1) is 5.41 Å². The molecule has 5 nitrogen and oxygen atoms in total. The molecule has 0 spiro atoms. The van der Waals surface area contributed by atoms with Crippen molar-refractivity contribution in [3.8, 4) is 0 Å². The van der Waals surface area contributed by atoms with E-state index in [-0.39, 0.29) is 17.2 Å². The normalized spacial score (nSPS) is 28.1. The Morgan fingerprint density at radius 2 is 1.86 bits per heavy atom. The molecule has 2 atom stereocenters. The summed E-state index contributed by atoms with van der Waals surface area (Å²) < 4.78 is 5.83. The SMILES string of the molecule is CC1C(=O)NC(C(C)(C)C)C(=O)N1CCOC1CCCC1. The van der Waals surface area contributed by atoms with Crippen LogP contribution in [0.4, 0.5) is 0 Å².